The Morgan fingerprint density at radius 1 is 1.53 bits per heavy atom. The second kappa shape index (κ2) is 4.14. The lowest BCUT2D eigenvalue weighted by Gasteiger charge is -2.19. The third-order valence-corrected chi connectivity index (χ3v) is 1.91. The molecule has 0 aliphatic rings. The van der Waals surface area contributed by atoms with E-state index < -0.39 is 5.54 Å². The molecule has 15 heavy (non-hydrogen) atoms. The van der Waals surface area contributed by atoms with Crippen LogP contribution in [0.5, 0.6) is 0 Å². The standard InChI is InChI=1S/C12H14N2O/c1-5-12(3,4)14-11(15)10-8-6-7-9(2)13-10/h1,6-8H,2-4H3,(H,14,15). The van der Waals surface area contributed by atoms with Crippen LogP contribution in [-0.4, -0.2) is 16.4 Å². The number of hydrogen-bond acceptors (Lipinski definition) is 2. The van der Waals surface area contributed by atoms with Crippen LogP contribution in [0.4, 0.5) is 0 Å². The Kier molecular flexibility index (Phi) is 3.11. The van der Waals surface area contributed by atoms with E-state index in [1.807, 2.05) is 13.0 Å². The first-order chi connectivity index (χ1) is 6.94. The van der Waals surface area contributed by atoms with E-state index in [2.05, 4.69) is 16.2 Å². The van der Waals surface area contributed by atoms with Crippen molar-refractivity contribution in [2.75, 3.05) is 0 Å². The maximum Gasteiger partial charge on any atom is 0.271 e. The van der Waals surface area contributed by atoms with Crippen LogP contribution < -0.4 is 5.32 Å². The Morgan fingerprint density at radius 2 is 2.20 bits per heavy atom. The maximum atomic E-state index is 11.7. The highest BCUT2D eigenvalue weighted by atomic mass is 16.2. The van der Waals surface area contributed by atoms with Crippen LogP contribution in [0.15, 0.2) is 18.2 Å². The minimum atomic E-state index is -0.650. The van der Waals surface area contributed by atoms with Crippen molar-refractivity contribution < 1.29 is 4.79 Å². The topological polar surface area (TPSA) is 42.0 Å². The summed E-state index contributed by atoms with van der Waals surface area (Å²) in [6, 6.07) is 5.29. The third-order valence-electron chi connectivity index (χ3n) is 1.91. The zero-order valence-electron chi connectivity index (χ0n) is 9.16. The van der Waals surface area contributed by atoms with Gasteiger partial charge in [0.25, 0.3) is 5.91 Å². The van der Waals surface area contributed by atoms with Crippen molar-refractivity contribution in [2.45, 2.75) is 26.3 Å². The van der Waals surface area contributed by atoms with Crippen molar-refractivity contribution in [3.63, 3.8) is 0 Å². The molecule has 0 aliphatic carbocycles. The van der Waals surface area contributed by atoms with Gasteiger partial charge in [0.05, 0.1) is 5.54 Å². The van der Waals surface area contributed by atoms with Gasteiger partial charge in [-0.05, 0) is 32.9 Å². The number of nitrogens with zero attached hydrogens (tertiary/aromatic N) is 1. The van der Waals surface area contributed by atoms with Gasteiger partial charge < -0.3 is 5.32 Å². The van der Waals surface area contributed by atoms with E-state index in [9.17, 15) is 4.79 Å². The molecule has 0 spiro atoms. The average molecular weight is 202 g/mol. The summed E-state index contributed by atoms with van der Waals surface area (Å²) in [5.41, 5.74) is 0.544. The summed E-state index contributed by atoms with van der Waals surface area (Å²) in [5.74, 6) is 2.25. The molecule has 0 aliphatic heterocycles. The molecule has 1 amide bonds. The lowest BCUT2D eigenvalue weighted by atomic mass is 10.1. The van der Waals surface area contributed by atoms with Gasteiger partial charge in [-0.2, -0.15) is 0 Å². The fraction of sp³-hybridized carbons (Fsp3) is 0.333. The SMILES string of the molecule is C#CC(C)(C)NC(=O)c1cccc(C)n1. The predicted octanol–water partition coefficient (Wildman–Crippen LogP) is 1.53. The first kappa shape index (κ1) is 11.3. The lowest BCUT2D eigenvalue weighted by Crippen LogP contribution is -2.42. The van der Waals surface area contributed by atoms with Crippen LogP contribution in [-0.2, 0) is 0 Å². The van der Waals surface area contributed by atoms with Crippen LogP contribution in [0.1, 0.15) is 30.0 Å². The van der Waals surface area contributed by atoms with E-state index in [4.69, 9.17) is 6.42 Å². The van der Waals surface area contributed by atoms with Crippen molar-refractivity contribution in [1.82, 2.24) is 10.3 Å². The molecule has 0 atom stereocenters. The van der Waals surface area contributed by atoms with Crippen LogP contribution in [0.3, 0.4) is 0 Å². The number of terminal acetylenes is 1. The molecule has 1 aromatic heterocycles. The number of amides is 1. The smallest absolute Gasteiger partial charge is 0.271 e. The van der Waals surface area contributed by atoms with Crippen LogP contribution in [0, 0.1) is 19.3 Å². The Morgan fingerprint density at radius 3 is 2.73 bits per heavy atom. The lowest BCUT2D eigenvalue weighted by molar-refractivity contribution is 0.0924. The minimum absolute atomic E-state index is 0.248. The molecule has 1 heterocycles. The van der Waals surface area contributed by atoms with Crippen LogP contribution in [0.2, 0.25) is 0 Å². The van der Waals surface area contributed by atoms with E-state index in [-0.39, 0.29) is 5.91 Å². The summed E-state index contributed by atoms with van der Waals surface area (Å²) in [7, 11) is 0. The van der Waals surface area contributed by atoms with Crippen molar-refractivity contribution >= 4 is 5.91 Å². The monoisotopic (exact) mass is 202 g/mol. The highest BCUT2D eigenvalue weighted by Crippen LogP contribution is 2.03. The molecule has 3 nitrogen and oxygen atoms in total. The molecule has 3 heteroatoms. The highest BCUT2D eigenvalue weighted by Gasteiger charge is 2.18. The van der Waals surface area contributed by atoms with Crippen molar-refractivity contribution in [2.24, 2.45) is 0 Å². The highest BCUT2D eigenvalue weighted by molar-refractivity contribution is 5.93. The first-order valence-corrected chi connectivity index (χ1v) is 4.68. The van der Waals surface area contributed by atoms with Gasteiger partial charge in [0, 0.05) is 5.69 Å². The number of hydrogen-bond donors (Lipinski definition) is 1. The zero-order valence-corrected chi connectivity index (χ0v) is 9.16. The van der Waals surface area contributed by atoms with Crippen molar-refractivity contribution in [1.29, 1.82) is 0 Å². The average Bonchev–Trinajstić information content (AvgIpc) is 2.17. The zero-order chi connectivity index (χ0) is 11.5. The number of aryl methyl sites for hydroxylation is 1. The van der Waals surface area contributed by atoms with E-state index in [1.165, 1.54) is 0 Å². The molecule has 0 aromatic carbocycles. The molecule has 1 rings (SSSR count). The Bertz CT molecular complexity index is 416. The predicted molar refractivity (Wildman–Crippen MR) is 59.4 cm³/mol. The molecule has 0 bridgehead atoms. The molecule has 78 valence electrons. The number of carbonyl (C=O) groups is 1. The summed E-state index contributed by atoms with van der Waals surface area (Å²) in [6.45, 7) is 5.37. The van der Waals surface area contributed by atoms with Gasteiger partial charge >= 0.3 is 0 Å². The van der Waals surface area contributed by atoms with E-state index in [0.717, 1.165) is 5.69 Å². The number of carbonyl (C=O) groups excluding carboxylic acids is 1. The van der Waals surface area contributed by atoms with Gasteiger partial charge in [-0.3, -0.25) is 4.79 Å². The largest absolute Gasteiger partial charge is 0.335 e. The fourth-order valence-electron chi connectivity index (χ4n) is 1.05. The van der Waals surface area contributed by atoms with Crippen LogP contribution >= 0.6 is 0 Å². The van der Waals surface area contributed by atoms with E-state index in [0.29, 0.717) is 5.69 Å². The van der Waals surface area contributed by atoms with Gasteiger partial charge in [0.15, 0.2) is 0 Å². The molecular formula is C12H14N2O. The molecule has 1 N–H and O–H groups in total. The molecule has 0 saturated heterocycles. The summed E-state index contributed by atoms with van der Waals surface area (Å²) in [4.78, 5) is 15.8. The second-order valence-corrected chi connectivity index (χ2v) is 3.89. The first-order valence-electron chi connectivity index (χ1n) is 4.68. The molecular weight excluding hydrogens is 188 g/mol. The summed E-state index contributed by atoms with van der Waals surface area (Å²) >= 11 is 0. The molecule has 0 saturated carbocycles. The Balaban J connectivity index is 2.84. The number of rotatable bonds is 2. The Hall–Kier alpha value is -1.82. The minimum Gasteiger partial charge on any atom is -0.335 e. The second-order valence-electron chi connectivity index (χ2n) is 3.89. The van der Waals surface area contributed by atoms with Gasteiger partial charge in [-0.1, -0.05) is 12.0 Å². The number of nitrogens with one attached hydrogen (secondary N) is 1. The Labute approximate surface area is 89.9 Å². The van der Waals surface area contributed by atoms with Gasteiger partial charge in [0.2, 0.25) is 0 Å². The number of pyridine rings is 1. The van der Waals surface area contributed by atoms with Crippen molar-refractivity contribution in [3.05, 3.63) is 29.6 Å². The van der Waals surface area contributed by atoms with Gasteiger partial charge in [-0.25, -0.2) is 4.98 Å². The normalized spacial score (nSPS) is 10.5. The van der Waals surface area contributed by atoms with E-state index in [1.54, 1.807) is 26.0 Å². The summed E-state index contributed by atoms with van der Waals surface area (Å²) < 4.78 is 0. The molecule has 0 unspecified atom stereocenters. The van der Waals surface area contributed by atoms with Crippen LogP contribution in [0.25, 0.3) is 0 Å². The van der Waals surface area contributed by atoms with Gasteiger partial charge in [-0.15, -0.1) is 6.42 Å². The third kappa shape index (κ3) is 3.10. The van der Waals surface area contributed by atoms with E-state index >= 15 is 0 Å². The number of aromatic nitrogens is 1. The maximum absolute atomic E-state index is 11.7. The summed E-state index contributed by atoms with van der Waals surface area (Å²) in [6.07, 6.45) is 5.28. The molecule has 0 fully saturated rings. The molecule has 0 radical (unpaired) electrons. The fourth-order valence-corrected chi connectivity index (χ4v) is 1.05. The van der Waals surface area contributed by atoms with Gasteiger partial charge in [0.1, 0.15) is 5.69 Å². The molecule has 1 aromatic rings. The summed E-state index contributed by atoms with van der Waals surface area (Å²) in [5, 5.41) is 2.71. The van der Waals surface area contributed by atoms with Crippen molar-refractivity contribution in [3.8, 4) is 12.3 Å². The quantitative estimate of drug-likeness (QED) is 0.739.